The van der Waals surface area contributed by atoms with Crippen molar-refractivity contribution in [3.05, 3.63) is 47.8 Å². The number of benzene rings is 1. The molecule has 22 heavy (non-hydrogen) atoms. The molecular formula is C15H16N4O2S. The third-order valence-corrected chi connectivity index (χ3v) is 3.63. The maximum absolute atomic E-state index is 11.8. The number of imide groups is 1. The molecule has 0 atom stereocenters. The van der Waals surface area contributed by atoms with Crippen LogP contribution in [-0.4, -0.2) is 27.7 Å². The van der Waals surface area contributed by atoms with Gasteiger partial charge < -0.3 is 5.32 Å². The Kier molecular flexibility index (Phi) is 5.48. The molecule has 0 unspecified atom stereocenters. The second-order valence-corrected chi connectivity index (χ2v) is 5.58. The standard InChI is InChI=1S/C15H16N4O2S/c1-10-4-5-12(11(2)8-10)18-14(21)19-13(20)9-22-15-16-6-3-7-17-15/h3-8H,9H2,1-2H3,(H2,18,19,20,21). The molecule has 6 nitrogen and oxygen atoms in total. The predicted octanol–water partition coefficient (Wildman–Crippen LogP) is 2.53. The van der Waals surface area contributed by atoms with Crippen molar-refractivity contribution in [1.29, 1.82) is 0 Å². The van der Waals surface area contributed by atoms with Crippen molar-refractivity contribution >= 4 is 29.4 Å². The third kappa shape index (κ3) is 4.85. The summed E-state index contributed by atoms with van der Waals surface area (Å²) in [6, 6.07) is 6.81. The van der Waals surface area contributed by atoms with Crippen LogP contribution in [-0.2, 0) is 4.79 Å². The van der Waals surface area contributed by atoms with Gasteiger partial charge in [-0.25, -0.2) is 14.8 Å². The van der Waals surface area contributed by atoms with Gasteiger partial charge in [0.25, 0.3) is 0 Å². The smallest absolute Gasteiger partial charge is 0.307 e. The Morgan fingerprint density at radius 1 is 1.18 bits per heavy atom. The summed E-state index contributed by atoms with van der Waals surface area (Å²) in [5.41, 5.74) is 2.73. The van der Waals surface area contributed by atoms with Crippen molar-refractivity contribution in [3.63, 3.8) is 0 Å². The molecule has 3 amide bonds. The maximum Gasteiger partial charge on any atom is 0.325 e. The van der Waals surface area contributed by atoms with E-state index in [2.05, 4.69) is 20.6 Å². The number of nitrogens with one attached hydrogen (secondary N) is 2. The van der Waals surface area contributed by atoms with Crippen LogP contribution < -0.4 is 10.6 Å². The highest BCUT2D eigenvalue weighted by Gasteiger charge is 2.10. The number of hydrogen-bond donors (Lipinski definition) is 2. The van der Waals surface area contributed by atoms with Crippen LogP contribution in [0.15, 0.2) is 41.8 Å². The molecule has 0 bridgehead atoms. The number of aromatic nitrogens is 2. The van der Waals surface area contributed by atoms with Gasteiger partial charge in [-0.1, -0.05) is 29.5 Å². The molecule has 0 saturated carbocycles. The van der Waals surface area contributed by atoms with Crippen LogP contribution >= 0.6 is 11.8 Å². The van der Waals surface area contributed by atoms with E-state index in [0.717, 1.165) is 11.1 Å². The zero-order valence-electron chi connectivity index (χ0n) is 12.3. The lowest BCUT2D eigenvalue weighted by atomic mass is 10.1. The highest BCUT2D eigenvalue weighted by atomic mass is 32.2. The molecule has 114 valence electrons. The lowest BCUT2D eigenvalue weighted by molar-refractivity contribution is -0.117. The number of urea groups is 1. The van der Waals surface area contributed by atoms with E-state index in [9.17, 15) is 9.59 Å². The van der Waals surface area contributed by atoms with E-state index in [1.807, 2.05) is 26.0 Å². The van der Waals surface area contributed by atoms with E-state index in [4.69, 9.17) is 0 Å². The van der Waals surface area contributed by atoms with Crippen molar-refractivity contribution in [3.8, 4) is 0 Å². The van der Waals surface area contributed by atoms with Gasteiger partial charge in [-0.05, 0) is 31.5 Å². The molecule has 7 heteroatoms. The highest BCUT2D eigenvalue weighted by Crippen LogP contribution is 2.15. The first-order valence-corrected chi connectivity index (χ1v) is 7.61. The van der Waals surface area contributed by atoms with Gasteiger partial charge in [0.1, 0.15) is 0 Å². The quantitative estimate of drug-likeness (QED) is 0.669. The number of carbonyl (C=O) groups is 2. The molecule has 2 rings (SSSR count). The van der Waals surface area contributed by atoms with Crippen LogP contribution in [0, 0.1) is 13.8 Å². The minimum Gasteiger partial charge on any atom is -0.307 e. The number of nitrogens with zero attached hydrogens (tertiary/aromatic N) is 2. The Labute approximate surface area is 132 Å². The number of anilines is 1. The van der Waals surface area contributed by atoms with Crippen LogP contribution in [0.1, 0.15) is 11.1 Å². The summed E-state index contributed by atoms with van der Waals surface area (Å²) in [5.74, 6) is -0.329. The van der Waals surface area contributed by atoms with Gasteiger partial charge in [-0.3, -0.25) is 10.1 Å². The second-order valence-electron chi connectivity index (χ2n) is 4.64. The summed E-state index contributed by atoms with van der Waals surface area (Å²) in [7, 11) is 0. The van der Waals surface area contributed by atoms with Crippen molar-refractivity contribution in [2.45, 2.75) is 19.0 Å². The molecule has 0 aliphatic rings. The van der Waals surface area contributed by atoms with E-state index in [0.29, 0.717) is 10.8 Å². The Hall–Kier alpha value is -2.41. The molecule has 1 aromatic heterocycles. The summed E-state index contributed by atoms with van der Waals surface area (Å²) in [4.78, 5) is 31.5. The molecule has 0 radical (unpaired) electrons. The Morgan fingerprint density at radius 2 is 1.91 bits per heavy atom. The van der Waals surface area contributed by atoms with Crippen LogP contribution in [0.5, 0.6) is 0 Å². The van der Waals surface area contributed by atoms with Gasteiger partial charge in [0.05, 0.1) is 5.75 Å². The number of amides is 3. The fourth-order valence-electron chi connectivity index (χ4n) is 1.76. The number of rotatable bonds is 4. The highest BCUT2D eigenvalue weighted by molar-refractivity contribution is 7.99. The van der Waals surface area contributed by atoms with E-state index in [1.165, 1.54) is 11.8 Å². The molecule has 0 fully saturated rings. The number of thioether (sulfide) groups is 1. The molecule has 2 aromatic rings. The van der Waals surface area contributed by atoms with E-state index < -0.39 is 11.9 Å². The molecule has 0 aliphatic heterocycles. The SMILES string of the molecule is Cc1ccc(NC(=O)NC(=O)CSc2ncccn2)c(C)c1. The molecule has 0 aliphatic carbocycles. The van der Waals surface area contributed by atoms with Crippen LogP contribution in [0.3, 0.4) is 0 Å². The first kappa shape index (κ1) is 16.0. The lowest BCUT2D eigenvalue weighted by Crippen LogP contribution is -2.35. The second kappa shape index (κ2) is 7.56. The maximum atomic E-state index is 11.8. The fourth-order valence-corrected chi connectivity index (χ4v) is 2.36. The molecular weight excluding hydrogens is 300 g/mol. The van der Waals surface area contributed by atoms with Gasteiger partial charge in [0.2, 0.25) is 5.91 Å². The van der Waals surface area contributed by atoms with Gasteiger partial charge in [0, 0.05) is 18.1 Å². The number of carbonyl (C=O) groups excluding carboxylic acids is 2. The van der Waals surface area contributed by atoms with Crippen molar-refractivity contribution in [2.75, 3.05) is 11.1 Å². The first-order chi connectivity index (χ1) is 10.5. The van der Waals surface area contributed by atoms with Gasteiger partial charge in [-0.15, -0.1) is 0 Å². The van der Waals surface area contributed by atoms with E-state index >= 15 is 0 Å². The zero-order valence-corrected chi connectivity index (χ0v) is 13.1. The minimum atomic E-state index is -0.550. The molecule has 0 saturated heterocycles. The predicted molar refractivity (Wildman–Crippen MR) is 85.8 cm³/mol. The van der Waals surface area contributed by atoms with E-state index in [-0.39, 0.29) is 5.75 Å². The summed E-state index contributed by atoms with van der Waals surface area (Å²) < 4.78 is 0. The third-order valence-electron chi connectivity index (χ3n) is 2.76. The van der Waals surface area contributed by atoms with Crippen LogP contribution in [0.2, 0.25) is 0 Å². The summed E-state index contributed by atoms with van der Waals surface area (Å²) in [6.07, 6.45) is 3.19. The molecule has 1 aromatic carbocycles. The number of aryl methyl sites for hydroxylation is 2. The van der Waals surface area contributed by atoms with Crippen molar-refractivity contribution < 1.29 is 9.59 Å². The van der Waals surface area contributed by atoms with Crippen molar-refractivity contribution in [2.24, 2.45) is 0 Å². The molecule has 1 heterocycles. The Bertz CT molecular complexity index is 676. The Morgan fingerprint density at radius 3 is 2.59 bits per heavy atom. The van der Waals surface area contributed by atoms with Crippen LogP contribution in [0.4, 0.5) is 10.5 Å². The average Bonchev–Trinajstić information content (AvgIpc) is 2.49. The molecule has 2 N–H and O–H groups in total. The molecule has 0 spiro atoms. The van der Waals surface area contributed by atoms with Gasteiger partial charge in [0.15, 0.2) is 5.16 Å². The van der Waals surface area contributed by atoms with Gasteiger partial charge in [-0.2, -0.15) is 0 Å². The van der Waals surface area contributed by atoms with Crippen molar-refractivity contribution in [1.82, 2.24) is 15.3 Å². The lowest BCUT2D eigenvalue weighted by Gasteiger charge is -2.09. The minimum absolute atomic E-state index is 0.0737. The zero-order chi connectivity index (χ0) is 15.9. The summed E-state index contributed by atoms with van der Waals surface area (Å²) >= 11 is 1.17. The largest absolute Gasteiger partial charge is 0.325 e. The summed E-state index contributed by atoms with van der Waals surface area (Å²) in [5, 5.41) is 5.42. The summed E-state index contributed by atoms with van der Waals surface area (Å²) in [6.45, 7) is 3.87. The topological polar surface area (TPSA) is 84.0 Å². The fraction of sp³-hybridized carbons (Fsp3) is 0.200. The van der Waals surface area contributed by atoms with Crippen LogP contribution in [0.25, 0.3) is 0 Å². The normalized spacial score (nSPS) is 10.1. The monoisotopic (exact) mass is 316 g/mol. The first-order valence-electron chi connectivity index (χ1n) is 6.62. The van der Waals surface area contributed by atoms with E-state index in [1.54, 1.807) is 24.5 Å². The Balaban J connectivity index is 1.82. The van der Waals surface area contributed by atoms with Gasteiger partial charge >= 0.3 is 6.03 Å². The average molecular weight is 316 g/mol. The number of hydrogen-bond acceptors (Lipinski definition) is 5.